The molecule has 1 nitrogen and oxygen atoms in total. The van der Waals surface area contributed by atoms with E-state index in [1.807, 2.05) is 36.4 Å². The van der Waals surface area contributed by atoms with Crippen LogP contribution in [0.15, 0.2) is 127 Å². The molecule has 33 heavy (non-hydrogen) atoms. The molecule has 0 amide bonds. The SMILES string of the molecule is N#Cc1ccc2ccc(CP(Cl)(c3ccccc3)(c3ccccc3)c3ccccc3)cc2c1. The molecule has 0 aliphatic rings. The van der Waals surface area contributed by atoms with Gasteiger partial charge in [-0.2, -0.15) is 0 Å². The Hall–Kier alpha value is -3.43. The van der Waals surface area contributed by atoms with Gasteiger partial charge in [0.25, 0.3) is 0 Å². The fourth-order valence-electron chi connectivity index (χ4n) is 4.74. The molecule has 0 unspecified atom stereocenters. The third-order valence-electron chi connectivity index (χ3n) is 6.40. The second-order valence-electron chi connectivity index (χ2n) is 8.36. The maximum atomic E-state index is 9.38. The fraction of sp³-hybridized carbons (Fsp3) is 0.0333. The van der Waals surface area contributed by atoms with Crippen LogP contribution < -0.4 is 15.9 Å². The van der Waals surface area contributed by atoms with Gasteiger partial charge in [-0.25, -0.2) is 0 Å². The van der Waals surface area contributed by atoms with Crippen molar-refractivity contribution in [3.05, 3.63) is 139 Å². The van der Waals surface area contributed by atoms with Crippen LogP contribution in [0.25, 0.3) is 10.8 Å². The first-order chi connectivity index (χ1) is 16.1. The van der Waals surface area contributed by atoms with E-state index in [9.17, 15) is 5.26 Å². The summed E-state index contributed by atoms with van der Waals surface area (Å²) in [6.07, 6.45) is 0.678. The van der Waals surface area contributed by atoms with Gasteiger partial charge < -0.3 is 0 Å². The summed E-state index contributed by atoms with van der Waals surface area (Å²) in [4.78, 5) is 0. The van der Waals surface area contributed by atoms with Crippen molar-refractivity contribution in [2.45, 2.75) is 6.16 Å². The van der Waals surface area contributed by atoms with Gasteiger partial charge in [0.05, 0.1) is 0 Å². The number of nitrogens with zero attached hydrogens (tertiary/aromatic N) is 1. The van der Waals surface area contributed by atoms with Crippen molar-refractivity contribution in [1.82, 2.24) is 0 Å². The molecule has 0 N–H and O–H groups in total. The number of halogens is 1. The standard InChI is InChI=1S/C30H23ClNP/c31-33(28-10-4-1-5-11-28,29-12-6-2-7-13-29,30-14-8-3-9-15-30)23-25-17-19-26-18-16-24(22-32)20-27(26)21-25/h1-21H,23H2. The van der Waals surface area contributed by atoms with E-state index in [2.05, 4.69) is 97.1 Å². The topological polar surface area (TPSA) is 23.8 Å². The Kier molecular flexibility index (Phi) is 5.51. The zero-order chi connectivity index (χ0) is 22.8. The first-order valence-electron chi connectivity index (χ1n) is 10.9. The van der Waals surface area contributed by atoms with Crippen LogP contribution in [-0.4, -0.2) is 0 Å². The van der Waals surface area contributed by atoms with Crippen molar-refractivity contribution in [3.63, 3.8) is 0 Å². The quantitative estimate of drug-likeness (QED) is 0.260. The molecular formula is C30H23ClNP. The zero-order valence-corrected chi connectivity index (χ0v) is 19.8. The molecule has 0 saturated carbocycles. The Morgan fingerprint density at radius 3 is 1.55 bits per heavy atom. The van der Waals surface area contributed by atoms with Crippen LogP contribution in [0, 0.1) is 11.3 Å². The van der Waals surface area contributed by atoms with E-state index < -0.39 is 5.96 Å². The summed E-state index contributed by atoms with van der Waals surface area (Å²) >= 11 is 8.20. The number of hydrogen-bond donors (Lipinski definition) is 0. The Bertz CT molecular complexity index is 1360. The van der Waals surface area contributed by atoms with E-state index >= 15 is 0 Å². The summed E-state index contributed by atoms with van der Waals surface area (Å²) < 4.78 is 0. The van der Waals surface area contributed by atoms with E-state index in [0.29, 0.717) is 11.7 Å². The Balaban J connectivity index is 1.81. The summed E-state index contributed by atoms with van der Waals surface area (Å²) in [6.45, 7) is 0. The summed E-state index contributed by atoms with van der Waals surface area (Å²) in [5.74, 6) is -3.39. The van der Waals surface area contributed by atoms with Gasteiger partial charge in [0, 0.05) is 0 Å². The van der Waals surface area contributed by atoms with Gasteiger partial charge in [-0.1, -0.05) is 0 Å². The van der Waals surface area contributed by atoms with Crippen LogP contribution in [0.5, 0.6) is 0 Å². The maximum absolute atomic E-state index is 9.38. The Morgan fingerprint density at radius 1 is 0.576 bits per heavy atom. The molecule has 5 aromatic rings. The predicted octanol–water partition coefficient (Wildman–Crippen LogP) is 6.90. The van der Waals surface area contributed by atoms with Crippen molar-refractivity contribution in [2.75, 3.05) is 0 Å². The minimum absolute atomic E-state index is 0.664. The molecular weight excluding hydrogens is 441 g/mol. The van der Waals surface area contributed by atoms with Crippen LogP contribution in [0.2, 0.25) is 0 Å². The van der Waals surface area contributed by atoms with E-state index in [1.54, 1.807) is 0 Å². The van der Waals surface area contributed by atoms with E-state index in [4.69, 9.17) is 11.2 Å². The van der Waals surface area contributed by atoms with Gasteiger partial charge in [-0.3, -0.25) is 0 Å². The van der Waals surface area contributed by atoms with E-state index in [1.165, 1.54) is 0 Å². The monoisotopic (exact) mass is 463 g/mol. The zero-order valence-electron chi connectivity index (χ0n) is 18.1. The molecule has 0 aliphatic heterocycles. The summed E-state index contributed by atoms with van der Waals surface area (Å²) in [7, 11) is 0. The van der Waals surface area contributed by atoms with Crippen molar-refractivity contribution >= 4 is 43.9 Å². The second kappa shape index (κ2) is 8.49. The number of hydrogen-bond acceptors (Lipinski definition) is 1. The van der Waals surface area contributed by atoms with Crippen LogP contribution in [0.1, 0.15) is 11.1 Å². The molecule has 0 saturated heterocycles. The molecule has 5 aromatic carbocycles. The predicted molar refractivity (Wildman–Crippen MR) is 143 cm³/mol. The molecule has 5 rings (SSSR count). The van der Waals surface area contributed by atoms with Gasteiger partial charge in [-0.15, -0.1) is 0 Å². The molecule has 0 atom stereocenters. The molecule has 3 heteroatoms. The molecule has 0 aliphatic carbocycles. The number of benzene rings is 5. The average Bonchev–Trinajstić information content (AvgIpc) is 2.90. The second-order valence-corrected chi connectivity index (χ2v) is 14.8. The third kappa shape index (κ3) is 3.63. The van der Waals surface area contributed by atoms with Crippen molar-refractivity contribution in [1.29, 1.82) is 5.26 Å². The third-order valence-corrected chi connectivity index (χ3v) is 13.6. The molecule has 0 bridgehead atoms. The van der Waals surface area contributed by atoms with E-state index in [-0.39, 0.29) is 0 Å². The van der Waals surface area contributed by atoms with Gasteiger partial charge in [0.2, 0.25) is 0 Å². The van der Waals surface area contributed by atoms with Crippen LogP contribution >= 0.6 is 17.2 Å². The number of fused-ring (bicyclic) bond motifs is 1. The summed E-state index contributed by atoms with van der Waals surface area (Å²) in [5.41, 5.74) is 1.82. The van der Waals surface area contributed by atoms with Gasteiger partial charge >= 0.3 is 200 Å². The molecule has 0 fully saturated rings. The molecule has 0 radical (unpaired) electrons. The number of nitriles is 1. The normalized spacial score (nSPS) is 12.5. The Morgan fingerprint density at radius 2 is 1.06 bits per heavy atom. The molecule has 0 heterocycles. The van der Waals surface area contributed by atoms with Crippen LogP contribution in [0.3, 0.4) is 0 Å². The average molecular weight is 464 g/mol. The molecule has 0 spiro atoms. The van der Waals surface area contributed by atoms with Crippen molar-refractivity contribution in [2.24, 2.45) is 0 Å². The van der Waals surface area contributed by atoms with Gasteiger partial charge in [0.1, 0.15) is 0 Å². The molecule has 0 aromatic heterocycles. The molecule has 160 valence electrons. The first kappa shape index (κ1) is 21.4. The Labute approximate surface area is 199 Å². The van der Waals surface area contributed by atoms with E-state index in [0.717, 1.165) is 32.2 Å². The fourth-order valence-corrected chi connectivity index (χ4v) is 10.9. The summed E-state index contributed by atoms with van der Waals surface area (Å²) in [5, 5.41) is 15.0. The van der Waals surface area contributed by atoms with Crippen molar-refractivity contribution in [3.8, 4) is 6.07 Å². The van der Waals surface area contributed by atoms with Gasteiger partial charge in [-0.05, 0) is 0 Å². The minimum atomic E-state index is -3.39. The van der Waals surface area contributed by atoms with Crippen LogP contribution in [0.4, 0.5) is 0 Å². The van der Waals surface area contributed by atoms with Crippen LogP contribution in [-0.2, 0) is 6.16 Å². The first-order valence-corrected chi connectivity index (χ1v) is 14.3. The summed E-state index contributed by atoms with van der Waals surface area (Å²) in [6, 6.07) is 46.1. The number of rotatable bonds is 5. The van der Waals surface area contributed by atoms with Crippen molar-refractivity contribution < 1.29 is 0 Å². The van der Waals surface area contributed by atoms with Gasteiger partial charge in [0.15, 0.2) is 0 Å².